The quantitative estimate of drug-likeness (QED) is 0.447. The molecule has 18 heavy (non-hydrogen) atoms. The number of hydrogen-bond donors (Lipinski definition) is 2. The van der Waals surface area contributed by atoms with Crippen LogP contribution in [0, 0.1) is 21.4 Å². The second kappa shape index (κ2) is 5.03. The zero-order valence-electron chi connectivity index (χ0n) is 8.73. The Morgan fingerprint density at radius 1 is 1.56 bits per heavy atom. The molecule has 0 bridgehead atoms. The highest BCUT2D eigenvalue weighted by molar-refractivity contribution is 5.85. The van der Waals surface area contributed by atoms with Crippen LogP contribution in [0.5, 0.6) is 0 Å². The van der Waals surface area contributed by atoms with Crippen LogP contribution in [-0.2, 0) is 4.79 Å². The van der Waals surface area contributed by atoms with E-state index >= 15 is 0 Å². The van der Waals surface area contributed by atoms with Crippen molar-refractivity contribution in [1.82, 2.24) is 0 Å². The first-order chi connectivity index (χ1) is 8.43. The molecule has 8 heteroatoms. The summed E-state index contributed by atoms with van der Waals surface area (Å²) in [7, 11) is 0. The lowest BCUT2D eigenvalue weighted by atomic mass is 9.98. The standard InChI is InChI=1S/C10H6N2O6/c11-3-7-6(9(14)10(15)16)2-1-5(4-13)8(7)12(17)18/h1-2,4,9,14H,(H,15,16). The van der Waals surface area contributed by atoms with E-state index in [1.54, 1.807) is 0 Å². The van der Waals surface area contributed by atoms with Crippen molar-refractivity contribution in [2.45, 2.75) is 6.10 Å². The minimum Gasteiger partial charge on any atom is -0.479 e. The molecule has 0 radical (unpaired) electrons. The molecular weight excluding hydrogens is 244 g/mol. The van der Waals surface area contributed by atoms with Crippen molar-refractivity contribution < 1.29 is 24.7 Å². The predicted octanol–water partition coefficient (Wildman–Crippen LogP) is 0.397. The van der Waals surface area contributed by atoms with Gasteiger partial charge in [-0.05, 0) is 6.07 Å². The largest absolute Gasteiger partial charge is 0.479 e. The van der Waals surface area contributed by atoms with Gasteiger partial charge in [-0.15, -0.1) is 0 Å². The Labute approximate surface area is 99.8 Å². The Hall–Kier alpha value is -2.79. The molecule has 0 heterocycles. The molecule has 0 aliphatic carbocycles. The molecule has 92 valence electrons. The maximum absolute atomic E-state index is 10.8. The molecule has 0 fully saturated rings. The maximum Gasteiger partial charge on any atom is 0.337 e. The fraction of sp³-hybridized carbons (Fsp3) is 0.100. The van der Waals surface area contributed by atoms with Gasteiger partial charge < -0.3 is 10.2 Å². The van der Waals surface area contributed by atoms with Crippen LogP contribution in [0.1, 0.15) is 27.6 Å². The molecule has 1 unspecified atom stereocenters. The van der Waals surface area contributed by atoms with Gasteiger partial charge in [0.25, 0.3) is 5.69 Å². The van der Waals surface area contributed by atoms with Gasteiger partial charge in [-0.2, -0.15) is 5.26 Å². The van der Waals surface area contributed by atoms with Crippen LogP contribution in [0.2, 0.25) is 0 Å². The van der Waals surface area contributed by atoms with E-state index < -0.39 is 33.8 Å². The molecule has 1 aromatic rings. The number of carboxylic acids is 1. The molecule has 1 rings (SSSR count). The summed E-state index contributed by atoms with van der Waals surface area (Å²) in [6, 6.07) is 3.41. The van der Waals surface area contributed by atoms with E-state index in [0.29, 0.717) is 0 Å². The molecule has 1 atom stereocenters. The number of nitro benzene ring substituents is 1. The van der Waals surface area contributed by atoms with E-state index in [1.165, 1.54) is 6.07 Å². The number of nitro groups is 1. The fourth-order valence-electron chi connectivity index (χ4n) is 1.39. The zero-order valence-corrected chi connectivity index (χ0v) is 8.73. The number of aliphatic hydroxyl groups is 1. The van der Waals surface area contributed by atoms with Gasteiger partial charge in [0.05, 0.1) is 10.5 Å². The second-order valence-corrected chi connectivity index (χ2v) is 3.20. The van der Waals surface area contributed by atoms with Gasteiger partial charge in [0.2, 0.25) is 0 Å². The number of hydrogen-bond acceptors (Lipinski definition) is 6. The predicted molar refractivity (Wildman–Crippen MR) is 55.8 cm³/mol. The van der Waals surface area contributed by atoms with Crippen LogP contribution in [-0.4, -0.2) is 27.4 Å². The molecule has 8 nitrogen and oxygen atoms in total. The van der Waals surface area contributed by atoms with Gasteiger partial charge in [-0.3, -0.25) is 14.9 Å². The highest BCUT2D eigenvalue weighted by atomic mass is 16.6. The Morgan fingerprint density at radius 3 is 2.56 bits per heavy atom. The topological polar surface area (TPSA) is 142 Å². The molecule has 0 amide bonds. The molecule has 0 spiro atoms. The number of benzene rings is 1. The Bertz CT molecular complexity index is 574. The number of rotatable bonds is 4. The second-order valence-electron chi connectivity index (χ2n) is 3.20. The SMILES string of the molecule is N#Cc1c(C(O)C(=O)O)ccc(C=O)c1[N+](=O)[O-]. The number of aliphatic carboxylic acids is 1. The van der Waals surface area contributed by atoms with Gasteiger partial charge in [0.1, 0.15) is 11.6 Å². The molecule has 2 N–H and O–H groups in total. The average Bonchev–Trinajstić information content (AvgIpc) is 2.35. The summed E-state index contributed by atoms with van der Waals surface area (Å²) < 4.78 is 0. The summed E-state index contributed by atoms with van der Waals surface area (Å²) in [5, 5.41) is 37.5. The van der Waals surface area contributed by atoms with Crippen molar-refractivity contribution in [1.29, 1.82) is 5.26 Å². The maximum atomic E-state index is 10.8. The van der Waals surface area contributed by atoms with Gasteiger partial charge in [0, 0.05) is 5.56 Å². The summed E-state index contributed by atoms with van der Waals surface area (Å²) in [6.45, 7) is 0. The number of carboxylic acid groups (broad SMARTS) is 1. The molecule has 0 aromatic heterocycles. The lowest BCUT2D eigenvalue weighted by Gasteiger charge is -2.08. The van der Waals surface area contributed by atoms with Crippen molar-refractivity contribution in [3.05, 3.63) is 38.9 Å². The van der Waals surface area contributed by atoms with E-state index in [1.807, 2.05) is 0 Å². The van der Waals surface area contributed by atoms with Crippen molar-refractivity contribution in [3.63, 3.8) is 0 Å². The van der Waals surface area contributed by atoms with Gasteiger partial charge in [-0.1, -0.05) is 6.07 Å². The van der Waals surface area contributed by atoms with Crippen LogP contribution >= 0.6 is 0 Å². The summed E-state index contributed by atoms with van der Waals surface area (Å²) in [6.07, 6.45) is -1.89. The third-order valence-electron chi connectivity index (χ3n) is 2.19. The first kappa shape index (κ1) is 13.3. The van der Waals surface area contributed by atoms with Gasteiger partial charge in [-0.25, -0.2) is 4.79 Å². The first-order valence-corrected chi connectivity index (χ1v) is 4.51. The van der Waals surface area contributed by atoms with Crippen LogP contribution < -0.4 is 0 Å². The third kappa shape index (κ3) is 2.16. The van der Waals surface area contributed by atoms with E-state index in [9.17, 15) is 24.8 Å². The minimum atomic E-state index is -2.07. The lowest BCUT2D eigenvalue weighted by Crippen LogP contribution is -2.13. The number of carbonyl (C=O) groups is 2. The summed E-state index contributed by atoms with van der Waals surface area (Å²) in [5.74, 6) is -1.65. The third-order valence-corrected chi connectivity index (χ3v) is 2.19. The number of carbonyl (C=O) groups excluding carboxylic acids is 1. The number of aldehydes is 1. The first-order valence-electron chi connectivity index (χ1n) is 4.51. The van der Waals surface area contributed by atoms with Crippen molar-refractivity contribution in [3.8, 4) is 6.07 Å². The monoisotopic (exact) mass is 250 g/mol. The number of aliphatic hydroxyl groups excluding tert-OH is 1. The Balaban J connectivity index is 3.64. The average molecular weight is 250 g/mol. The molecule has 1 aromatic carbocycles. The van der Waals surface area contributed by atoms with Gasteiger partial charge in [0.15, 0.2) is 12.4 Å². The van der Waals surface area contributed by atoms with Crippen LogP contribution in [0.15, 0.2) is 12.1 Å². The van der Waals surface area contributed by atoms with E-state index in [4.69, 9.17) is 10.4 Å². The van der Waals surface area contributed by atoms with E-state index in [0.717, 1.165) is 12.1 Å². The highest BCUT2D eigenvalue weighted by Crippen LogP contribution is 2.29. The van der Waals surface area contributed by atoms with Crippen molar-refractivity contribution in [2.75, 3.05) is 0 Å². The zero-order chi connectivity index (χ0) is 13.9. The van der Waals surface area contributed by atoms with Gasteiger partial charge >= 0.3 is 5.97 Å². The summed E-state index contributed by atoms with van der Waals surface area (Å²) >= 11 is 0. The van der Waals surface area contributed by atoms with E-state index in [-0.39, 0.29) is 11.8 Å². The molecule has 0 saturated heterocycles. The molecular formula is C10H6N2O6. The van der Waals surface area contributed by atoms with Crippen LogP contribution in [0.4, 0.5) is 5.69 Å². The molecule has 0 saturated carbocycles. The van der Waals surface area contributed by atoms with Crippen molar-refractivity contribution in [2.24, 2.45) is 0 Å². The highest BCUT2D eigenvalue weighted by Gasteiger charge is 2.28. The normalized spacial score (nSPS) is 11.3. The number of nitriles is 1. The summed E-state index contributed by atoms with van der Waals surface area (Å²) in [4.78, 5) is 31.0. The van der Waals surface area contributed by atoms with E-state index in [2.05, 4.69) is 0 Å². The number of nitrogens with zero attached hydrogens (tertiary/aromatic N) is 2. The molecule has 0 aliphatic rings. The van der Waals surface area contributed by atoms with Crippen molar-refractivity contribution >= 4 is 17.9 Å². The Kier molecular flexibility index (Phi) is 3.71. The van der Waals surface area contributed by atoms with Crippen LogP contribution in [0.25, 0.3) is 0 Å². The lowest BCUT2D eigenvalue weighted by molar-refractivity contribution is -0.385. The summed E-state index contributed by atoms with van der Waals surface area (Å²) in [5.41, 5.74) is -2.25. The molecule has 0 aliphatic heterocycles. The fourth-order valence-corrected chi connectivity index (χ4v) is 1.39. The Morgan fingerprint density at radius 2 is 2.17 bits per heavy atom. The smallest absolute Gasteiger partial charge is 0.337 e. The van der Waals surface area contributed by atoms with Crippen LogP contribution in [0.3, 0.4) is 0 Å². The minimum absolute atomic E-state index is 0.176.